The van der Waals surface area contributed by atoms with E-state index in [2.05, 4.69) is 0 Å². The zero-order chi connectivity index (χ0) is 20.7. The summed E-state index contributed by atoms with van der Waals surface area (Å²) in [4.78, 5) is -0.0933. The SMILES string of the molecule is O=S(=O)(O)c1cccc(-c2cccc3ccccc23)c1-c1cccc2ccccc12. The van der Waals surface area contributed by atoms with Crippen LogP contribution in [0.1, 0.15) is 0 Å². The molecule has 0 radical (unpaired) electrons. The standard InChI is InChI=1S/C26H18O3S/c27-30(28,29)25-17-7-16-24(22-14-5-10-18-8-1-3-12-20(18)22)26(25)23-15-6-11-19-9-2-4-13-21(19)23/h1-17H,(H,27,28,29). The molecule has 4 heteroatoms. The van der Waals surface area contributed by atoms with Gasteiger partial charge in [0.2, 0.25) is 0 Å². The van der Waals surface area contributed by atoms with Crippen molar-refractivity contribution >= 4 is 31.7 Å². The highest BCUT2D eigenvalue weighted by atomic mass is 32.2. The van der Waals surface area contributed by atoms with Crippen LogP contribution in [0.15, 0.2) is 108 Å². The third-order valence-electron chi connectivity index (χ3n) is 5.44. The van der Waals surface area contributed by atoms with Gasteiger partial charge in [0.1, 0.15) is 4.90 Å². The highest BCUT2D eigenvalue weighted by Crippen LogP contribution is 2.42. The monoisotopic (exact) mass is 410 g/mol. The molecule has 0 heterocycles. The fraction of sp³-hybridized carbons (Fsp3) is 0. The van der Waals surface area contributed by atoms with Crippen LogP contribution >= 0.6 is 0 Å². The topological polar surface area (TPSA) is 54.4 Å². The molecule has 0 amide bonds. The average molecular weight is 410 g/mol. The van der Waals surface area contributed by atoms with Gasteiger partial charge in [-0.3, -0.25) is 4.55 Å². The van der Waals surface area contributed by atoms with E-state index in [4.69, 9.17) is 0 Å². The highest BCUT2D eigenvalue weighted by Gasteiger charge is 2.22. The second-order valence-corrected chi connectivity index (χ2v) is 8.60. The number of benzene rings is 5. The molecule has 0 fully saturated rings. The molecule has 0 aromatic heterocycles. The van der Waals surface area contributed by atoms with Crippen molar-refractivity contribution in [1.29, 1.82) is 0 Å². The summed E-state index contributed by atoms with van der Waals surface area (Å²) < 4.78 is 34.8. The Hall–Kier alpha value is -3.47. The summed E-state index contributed by atoms with van der Waals surface area (Å²) in [5, 5.41) is 4.02. The van der Waals surface area contributed by atoms with E-state index < -0.39 is 10.1 Å². The van der Waals surface area contributed by atoms with Crippen molar-refractivity contribution in [2.75, 3.05) is 0 Å². The Labute approximate surface area is 175 Å². The van der Waals surface area contributed by atoms with Gasteiger partial charge in [-0.25, -0.2) is 0 Å². The van der Waals surface area contributed by atoms with E-state index in [1.165, 1.54) is 6.07 Å². The van der Waals surface area contributed by atoms with Crippen LogP contribution in [0.25, 0.3) is 43.8 Å². The lowest BCUT2D eigenvalue weighted by Gasteiger charge is -2.17. The minimum absolute atomic E-state index is 0.0933. The summed E-state index contributed by atoms with van der Waals surface area (Å²) in [7, 11) is -4.43. The maximum absolute atomic E-state index is 12.4. The third-order valence-corrected chi connectivity index (χ3v) is 6.34. The predicted molar refractivity (Wildman–Crippen MR) is 122 cm³/mol. The Morgan fingerprint density at radius 1 is 0.500 bits per heavy atom. The van der Waals surface area contributed by atoms with Crippen molar-refractivity contribution in [3.8, 4) is 22.3 Å². The molecule has 0 unspecified atom stereocenters. The van der Waals surface area contributed by atoms with Gasteiger partial charge >= 0.3 is 0 Å². The average Bonchev–Trinajstić information content (AvgIpc) is 2.77. The second-order valence-electron chi connectivity index (χ2n) is 7.21. The van der Waals surface area contributed by atoms with Crippen LogP contribution in [0.5, 0.6) is 0 Å². The molecule has 0 saturated carbocycles. The third kappa shape index (κ3) is 3.07. The zero-order valence-electron chi connectivity index (χ0n) is 16.0. The Morgan fingerprint density at radius 3 is 1.60 bits per heavy atom. The molecule has 5 aromatic carbocycles. The molecule has 3 nitrogen and oxygen atoms in total. The van der Waals surface area contributed by atoms with Crippen molar-refractivity contribution in [2.24, 2.45) is 0 Å². The van der Waals surface area contributed by atoms with Gasteiger partial charge in [0.15, 0.2) is 0 Å². The molecule has 0 saturated heterocycles. The minimum Gasteiger partial charge on any atom is -0.282 e. The van der Waals surface area contributed by atoms with Gasteiger partial charge in [0.25, 0.3) is 10.1 Å². The van der Waals surface area contributed by atoms with Crippen molar-refractivity contribution in [3.05, 3.63) is 103 Å². The van der Waals surface area contributed by atoms with Crippen molar-refractivity contribution < 1.29 is 13.0 Å². The number of rotatable bonds is 3. The van der Waals surface area contributed by atoms with Gasteiger partial charge < -0.3 is 0 Å². The fourth-order valence-electron chi connectivity index (χ4n) is 4.15. The summed E-state index contributed by atoms with van der Waals surface area (Å²) in [6.07, 6.45) is 0. The largest absolute Gasteiger partial charge is 0.295 e. The fourth-order valence-corrected chi connectivity index (χ4v) is 4.88. The number of hydrogen-bond acceptors (Lipinski definition) is 2. The van der Waals surface area contributed by atoms with Crippen LogP contribution in [0.4, 0.5) is 0 Å². The first kappa shape index (κ1) is 18.6. The second kappa shape index (κ2) is 7.10. The summed E-state index contributed by atoms with van der Waals surface area (Å²) in [6, 6.07) is 32.7. The van der Waals surface area contributed by atoms with Crippen molar-refractivity contribution in [2.45, 2.75) is 4.90 Å². The van der Waals surface area contributed by atoms with Crippen LogP contribution in [-0.2, 0) is 10.1 Å². The lowest BCUT2D eigenvalue weighted by molar-refractivity contribution is 0.483. The van der Waals surface area contributed by atoms with Gasteiger partial charge in [-0.05, 0) is 44.3 Å². The molecule has 0 aliphatic rings. The summed E-state index contributed by atoms with van der Waals surface area (Å²) in [5.74, 6) is 0. The molecule has 0 aliphatic carbocycles. The van der Waals surface area contributed by atoms with Crippen LogP contribution < -0.4 is 0 Å². The van der Waals surface area contributed by atoms with E-state index in [0.29, 0.717) is 5.56 Å². The molecule has 0 atom stereocenters. The molecule has 0 aliphatic heterocycles. The van der Waals surface area contributed by atoms with Gasteiger partial charge in [-0.1, -0.05) is 97.1 Å². The van der Waals surface area contributed by atoms with Gasteiger partial charge in [0.05, 0.1) is 0 Å². The number of fused-ring (bicyclic) bond motifs is 2. The molecule has 0 spiro atoms. The smallest absolute Gasteiger partial charge is 0.282 e. The van der Waals surface area contributed by atoms with Gasteiger partial charge in [0, 0.05) is 5.56 Å². The molecule has 1 N–H and O–H groups in total. The van der Waals surface area contributed by atoms with Crippen LogP contribution in [0, 0.1) is 0 Å². The Bertz CT molecular complexity index is 1510. The van der Waals surface area contributed by atoms with Crippen molar-refractivity contribution in [1.82, 2.24) is 0 Å². The number of hydrogen-bond donors (Lipinski definition) is 1. The molecule has 5 aromatic rings. The Kier molecular flexibility index (Phi) is 4.39. The maximum Gasteiger partial charge on any atom is 0.295 e. The van der Waals surface area contributed by atoms with E-state index in [1.807, 2.05) is 91.0 Å². The molecule has 5 rings (SSSR count). The maximum atomic E-state index is 12.4. The molecule has 146 valence electrons. The molecular formula is C26H18O3S. The van der Waals surface area contributed by atoms with Crippen LogP contribution in [0.3, 0.4) is 0 Å². The quantitative estimate of drug-likeness (QED) is 0.342. The summed E-state index contributed by atoms with van der Waals surface area (Å²) >= 11 is 0. The lowest BCUT2D eigenvalue weighted by Crippen LogP contribution is -2.02. The van der Waals surface area contributed by atoms with Crippen LogP contribution in [0.2, 0.25) is 0 Å². The van der Waals surface area contributed by atoms with E-state index in [9.17, 15) is 13.0 Å². The molecule has 30 heavy (non-hydrogen) atoms. The van der Waals surface area contributed by atoms with Gasteiger partial charge in [-0.2, -0.15) is 8.42 Å². The normalized spacial score (nSPS) is 11.8. The Balaban J connectivity index is 1.95. The minimum atomic E-state index is -4.43. The Morgan fingerprint density at radius 2 is 0.967 bits per heavy atom. The first-order valence-electron chi connectivity index (χ1n) is 9.61. The summed E-state index contributed by atoms with van der Waals surface area (Å²) in [6.45, 7) is 0. The van der Waals surface area contributed by atoms with E-state index in [-0.39, 0.29) is 4.90 Å². The zero-order valence-corrected chi connectivity index (χ0v) is 16.8. The first-order valence-corrected chi connectivity index (χ1v) is 11.0. The van der Waals surface area contributed by atoms with Crippen molar-refractivity contribution in [3.63, 3.8) is 0 Å². The van der Waals surface area contributed by atoms with E-state index >= 15 is 0 Å². The molecular weight excluding hydrogens is 392 g/mol. The van der Waals surface area contributed by atoms with E-state index in [1.54, 1.807) is 6.07 Å². The first-order chi connectivity index (χ1) is 14.5. The molecule has 0 bridgehead atoms. The summed E-state index contributed by atoms with van der Waals surface area (Å²) in [5.41, 5.74) is 2.96. The lowest BCUT2D eigenvalue weighted by atomic mass is 9.89. The van der Waals surface area contributed by atoms with E-state index in [0.717, 1.165) is 38.2 Å². The van der Waals surface area contributed by atoms with Crippen LogP contribution in [-0.4, -0.2) is 13.0 Å². The predicted octanol–water partition coefficient (Wildman–Crippen LogP) is 6.57. The highest BCUT2D eigenvalue weighted by molar-refractivity contribution is 7.86. The van der Waals surface area contributed by atoms with Gasteiger partial charge in [-0.15, -0.1) is 0 Å².